The lowest BCUT2D eigenvalue weighted by Crippen LogP contribution is -2.52. The zero-order chi connectivity index (χ0) is 15.9. The van der Waals surface area contributed by atoms with Crippen molar-refractivity contribution in [1.29, 1.82) is 0 Å². The molecular formula is C14H19Cl2N5O3. The number of aromatic amines is 1. The average molecular weight is 376 g/mol. The molecule has 0 radical (unpaired) electrons. The lowest BCUT2D eigenvalue weighted by atomic mass is 10.1. The molecule has 10 heteroatoms. The predicted molar refractivity (Wildman–Crippen MR) is 95.5 cm³/mol. The van der Waals surface area contributed by atoms with E-state index in [4.69, 9.17) is 0 Å². The van der Waals surface area contributed by atoms with Gasteiger partial charge in [-0.1, -0.05) is 0 Å². The van der Waals surface area contributed by atoms with Gasteiger partial charge in [-0.25, -0.2) is 9.78 Å². The first-order valence-electron chi connectivity index (χ1n) is 7.10. The number of carbonyl (C=O) groups excluding carboxylic acids is 1. The summed E-state index contributed by atoms with van der Waals surface area (Å²) in [6.45, 7) is 4.06. The van der Waals surface area contributed by atoms with E-state index >= 15 is 0 Å². The number of rotatable bonds is 1. The summed E-state index contributed by atoms with van der Waals surface area (Å²) in [4.78, 5) is 44.2. The number of hydrogen-bond acceptors (Lipinski definition) is 5. The highest BCUT2D eigenvalue weighted by Crippen LogP contribution is 2.12. The molecule has 1 saturated heterocycles. The number of fused-ring (bicyclic) bond motifs is 1. The summed E-state index contributed by atoms with van der Waals surface area (Å²) >= 11 is 0. The fourth-order valence-corrected chi connectivity index (χ4v) is 2.66. The molecule has 1 fully saturated rings. The van der Waals surface area contributed by atoms with E-state index in [1.165, 1.54) is 23.9 Å². The molecule has 24 heavy (non-hydrogen) atoms. The molecule has 3 rings (SSSR count). The molecule has 1 atom stereocenters. The first kappa shape index (κ1) is 20.1. The maximum Gasteiger partial charge on any atom is 0.329 e. The summed E-state index contributed by atoms with van der Waals surface area (Å²) in [5, 5.41) is 3.45. The van der Waals surface area contributed by atoms with E-state index in [0.29, 0.717) is 12.1 Å². The van der Waals surface area contributed by atoms with Crippen molar-refractivity contribution >= 4 is 41.8 Å². The molecule has 0 bridgehead atoms. The summed E-state index contributed by atoms with van der Waals surface area (Å²) < 4.78 is 1.25. The Morgan fingerprint density at radius 3 is 2.71 bits per heavy atom. The number of piperazine rings is 1. The minimum Gasteiger partial charge on any atom is -0.333 e. The average Bonchev–Trinajstić information content (AvgIpc) is 2.52. The third-order valence-electron chi connectivity index (χ3n) is 3.96. The lowest BCUT2D eigenvalue weighted by molar-refractivity contribution is 0.0655. The molecule has 132 valence electrons. The predicted octanol–water partition coefficient (Wildman–Crippen LogP) is -0.101. The van der Waals surface area contributed by atoms with Crippen LogP contribution in [0.15, 0.2) is 21.9 Å². The zero-order valence-electron chi connectivity index (χ0n) is 13.2. The maximum atomic E-state index is 12.6. The van der Waals surface area contributed by atoms with Crippen LogP contribution in [0.4, 0.5) is 0 Å². The highest BCUT2D eigenvalue weighted by molar-refractivity contribution is 5.97. The van der Waals surface area contributed by atoms with Crippen molar-refractivity contribution in [3.8, 4) is 0 Å². The number of hydrogen-bond donors (Lipinski definition) is 2. The first-order chi connectivity index (χ1) is 10.5. The van der Waals surface area contributed by atoms with Gasteiger partial charge in [-0.15, -0.1) is 24.8 Å². The second-order valence-electron chi connectivity index (χ2n) is 5.47. The Labute approximate surface area is 150 Å². The molecule has 1 aliphatic heterocycles. The Balaban J connectivity index is 0.00000144. The maximum absolute atomic E-state index is 12.6. The number of aromatic nitrogens is 3. The molecule has 8 nitrogen and oxygen atoms in total. The zero-order valence-corrected chi connectivity index (χ0v) is 14.9. The van der Waals surface area contributed by atoms with E-state index in [2.05, 4.69) is 15.3 Å². The Morgan fingerprint density at radius 1 is 1.33 bits per heavy atom. The van der Waals surface area contributed by atoms with E-state index in [-0.39, 0.29) is 47.8 Å². The van der Waals surface area contributed by atoms with Gasteiger partial charge in [0.05, 0.1) is 10.9 Å². The van der Waals surface area contributed by atoms with Gasteiger partial charge in [0, 0.05) is 38.9 Å². The summed E-state index contributed by atoms with van der Waals surface area (Å²) in [7, 11) is 1.52. The summed E-state index contributed by atoms with van der Waals surface area (Å²) in [6.07, 6.45) is 1.41. The van der Waals surface area contributed by atoms with Crippen LogP contribution in [-0.2, 0) is 7.05 Å². The van der Waals surface area contributed by atoms with Crippen LogP contribution in [0.1, 0.15) is 17.3 Å². The molecule has 0 saturated carbocycles. The smallest absolute Gasteiger partial charge is 0.329 e. The second-order valence-corrected chi connectivity index (χ2v) is 5.47. The van der Waals surface area contributed by atoms with Gasteiger partial charge < -0.3 is 10.2 Å². The van der Waals surface area contributed by atoms with Crippen LogP contribution in [0.2, 0.25) is 0 Å². The fourth-order valence-electron chi connectivity index (χ4n) is 2.66. The molecule has 0 aromatic carbocycles. The van der Waals surface area contributed by atoms with E-state index in [0.717, 1.165) is 13.1 Å². The van der Waals surface area contributed by atoms with Crippen molar-refractivity contribution in [2.75, 3.05) is 19.6 Å². The van der Waals surface area contributed by atoms with Crippen LogP contribution in [0, 0.1) is 0 Å². The van der Waals surface area contributed by atoms with E-state index in [1.54, 1.807) is 4.90 Å². The van der Waals surface area contributed by atoms with E-state index in [1.807, 2.05) is 6.92 Å². The van der Waals surface area contributed by atoms with Gasteiger partial charge in [-0.05, 0) is 13.0 Å². The lowest BCUT2D eigenvalue weighted by Gasteiger charge is -2.34. The SMILES string of the molecule is C[C@@H]1CNCCN1C(=O)c1cnc2c(c1)c(=O)[nH]c(=O)n2C.Cl.Cl. The topological polar surface area (TPSA) is 100 Å². The number of carbonyl (C=O) groups is 1. The quantitative estimate of drug-likeness (QED) is 0.724. The van der Waals surface area contributed by atoms with Gasteiger partial charge in [0.25, 0.3) is 11.5 Å². The van der Waals surface area contributed by atoms with Crippen molar-refractivity contribution in [2.24, 2.45) is 7.05 Å². The Morgan fingerprint density at radius 2 is 2.04 bits per heavy atom. The van der Waals surface area contributed by atoms with Crippen LogP contribution in [0.25, 0.3) is 11.0 Å². The van der Waals surface area contributed by atoms with Crippen LogP contribution >= 0.6 is 24.8 Å². The largest absolute Gasteiger partial charge is 0.333 e. The Bertz CT molecular complexity index is 864. The Kier molecular flexibility index (Phi) is 6.53. The molecule has 0 spiro atoms. The summed E-state index contributed by atoms with van der Waals surface area (Å²) in [6, 6.07) is 1.58. The second kappa shape index (κ2) is 7.78. The standard InChI is InChI=1S/C14H17N5O3.2ClH/c1-8-6-15-3-4-19(8)13(21)9-5-10-11(16-7-9)18(2)14(22)17-12(10)20;;/h5,7-8,15H,3-4,6H2,1-2H3,(H,17,20,22);2*1H/t8-;;/m1../s1. The molecule has 2 N–H and O–H groups in total. The molecule has 1 amide bonds. The third kappa shape index (κ3) is 3.45. The minimum atomic E-state index is -0.534. The highest BCUT2D eigenvalue weighted by atomic mass is 35.5. The van der Waals surface area contributed by atoms with Crippen molar-refractivity contribution < 1.29 is 4.79 Å². The van der Waals surface area contributed by atoms with Gasteiger partial charge in [0.15, 0.2) is 0 Å². The molecular weight excluding hydrogens is 357 g/mol. The number of nitrogens with zero attached hydrogens (tertiary/aromatic N) is 3. The van der Waals surface area contributed by atoms with Gasteiger partial charge in [0.2, 0.25) is 0 Å². The summed E-state index contributed by atoms with van der Waals surface area (Å²) in [5.41, 5.74) is -0.447. The van der Waals surface area contributed by atoms with Gasteiger partial charge in [-0.2, -0.15) is 0 Å². The van der Waals surface area contributed by atoms with Crippen molar-refractivity contribution in [3.63, 3.8) is 0 Å². The molecule has 2 aromatic heterocycles. The number of halogens is 2. The van der Waals surface area contributed by atoms with E-state index in [9.17, 15) is 14.4 Å². The number of pyridine rings is 1. The summed E-state index contributed by atoms with van der Waals surface area (Å²) in [5.74, 6) is -0.156. The van der Waals surface area contributed by atoms with Crippen LogP contribution in [-0.4, -0.2) is 51.0 Å². The molecule has 0 unspecified atom stereocenters. The van der Waals surface area contributed by atoms with Gasteiger partial charge in [0.1, 0.15) is 5.65 Å². The highest BCUT2D eigenvalue weighted by Gasteiger charge is 2.24. The van der Waals surface area contributed by atoms with Crippen LogP contribution in [0.5, 0.6) is 0 Å². The van der Waals surface area contributed by atoms with Crippen molar-refractivity contribution in [2.45, 2.75) is 13.0 Å². The molecule has 3 heterocycles. The normalized spacial score (nSPS) is 17.1. The molecule has 2 aromatic rings. The molecule has 0 aliphatic carbocycles. The Hall–Kier alpha value is -1.90. The third-order valence-corrected chi connectivity index (χ3v) is 3.96. The fraction of sp³-hybridized carbons (Fsp3) is 0.429. The minimum absolute atomic E-state index is 0. The first-order valence-corrected chi connectivity index (χ1v) is 7.10. The molecule has 1 aliphatic rings. The number of H-pyrrole nitrogens is 1. The van der Waals surface area contributed by atoms with Crippen molar-refractivity contribution in [1.82, 2.24) is 24.8 Å². The number of aryl methyl sites for hydroxylation is 1. The van der Waals surface area contributed by atoms with Crippen LogP contribution in [0.3, 0.4) is 0 Å². The monoisotopic (exact) mass is 375 g/mol. The van der Waals surface area contributed by atoms with Gasteiger partial charge >= 0.3 is 5.69 Å². The number of nitrogens with one attached hydrogen (secondary N) is 2. The number of amides is 1. The van der Waals surface area contributed by atoms with E-state index < -0.39 is 11.2 Å². The van der Waals surface area contributed by atoms with Crippen LogP contribution < -0.4 is 16.6 Å². The van der Waals surface area contributed by atoms with Crippen molar-refractivity contribution in [3.05, 3.63) is 38.7 Å². The van der Waals surface area contributed by atoms with Gasteiger partial charge in [-0.3, -0.25) is 19.1 Å².